The van der Waals surface area contributed by atoms with Crippen LogP contribution in [0.4, 0.5) is 0 Å². The number of carbonyl (C=O) groups is 1. The lowest BCUT2D eigenvalue weighted by Gasteiger charge is -1.95. The van der Waals surface area contributed by atoms with E-state index in [1.807, 2.05) is 26.0 Å². The summed E-state index contributed by atoms with van der Waals surface area (Å²) in [4.78, 5) is 11.5. The van der Waals surface area contributed by atoms with Gasteiger partial charge in [0, 0.05) is 16.3 Å². The predicted octanol–water partition coefficient (Wildman–Crippen LogP) is 4.10. The van der Waals surface area contributed by atoms with Crippen LogP contribution in [0.15, 0.2) is 27.1 Å². The van der Waals surface area contributed by atoms with Crippen molar-refractivity contribution in [3.8, 4) is 0 Å². The number of benzene rings is 1. The lowest BCUT2D eigenvalue weighted by Crippen LogP contribution is -1.92. The third-order valence-corrected chi connectivity index (χ3v) is 2.82. The van der Waals surface area contributed by atoms with Crippen molar-refractivity contribution in [2.24, 2.45) is 0 Å². The van der Waals surface area contributed by atoms with Crippen molar-refractivity contribution < 1.29 is 9.21 Å². The first-order valence-electron chi connectivity index (χ1n) is 4.84. The van der Waals surface area contributed by atoms with Gasteiger partial charge in [0.15, 0.2) is 11.5 Å². The fraction of sp³-hybridized carbons (Fsp3) is 0.250. The van der Waals surface area contributed by atoms with Crippen LogP contribution in [-0.2, 0) is 0 Å². The van der Waals surface area contributed by atoms with Crippen molar-refractivity contribution in [2.45, 2.75) is 20.3 Å². The third kappa shape index (κ3) is 1.84. The first-order chi connectivity index (χ1) is 7.11. The maximum Gasteiger partial charge on any atom is 0.197 e. The molecule has 0 radical (unpaired) electrons. The molecule has 0 unspecified atom stereocenters. The largest absolute Gasteiger partial charge is 0.453 e. The zero-order chi connectivity index (χ0) is 11.0. The first kappa shape index (κ1) is 10.4. The molecule has 0 saturated heterocycles. The number of ketones is 1. The van der Waals surface area contributed by atoms with Crippen molar-refractivity contribution in [1.82, 2.24) is 0 Å². The van der Waals surface area contributed by atoms with Crippen LogP contribution >= 0.6 is 15.9 Å². The molecule has 1 aromatic heterocycles. The number of hydrogen-bond acceptors (Lipinski definition) is 2. The number of carbonyl (C=O) groups excluding carboxylic acids is 1. The SMILES string of the molecule is CCC(=O)c1cc2cc(Br)cc(C)c2o1. The summed E-state index contributed by atoms with van der Waals surface area (Å²) in [7, 11) is 0. The van der Waals surface area contributed by atoms with Crippen LogP contribution in [0.5, 0.6) is 0 Å². The number of furan rings is 1. The Balaban J connectivity index is 2.65. The molecule has 1 heterocycles. The van der Waals surface area contributed by atoms with E-state index in [2.05, 4.69) is 15.9 Å². The van der Waals surface area contributed by atoms with E-state index in [4.69, 9.17) is 4.42 Å². The van der Waals surface area contributed by atoms with E-state index in [1.165, 1.54) is 0 Å². The molecule has 0 spiro atoms. The van der Waals surface area contributed by atoms with Crippen LogP contribution in [0.1, 0.15) is 29.5 Å². The predicted molar refractivity (Wildman–Crippen MR) is 63.3 cm³/mol. The Morgan fingerprint density at radius 1 is 1.40 bits per heavy atom. The van der Waals surface area contributed by atoms with Gasteiger partial charge in [-0.15, -0.1) is 0 Å². The number of aryl methyl sites for hydroxylation is 1. The van der Waals surface area contributed by atoms with Gasteiger partial charge >= 0.3 is 0 Å². The Bertz CT molecular complexity index is 526. The smallest absolute Gasteiger partial charge is 0.197 e. The molecule has 0 aliphatic carbocycles. The molecule has 15 heavy (non-hydrogen) atoms. The fourth-order valence-electron chi connectivity index (χ4n) is 1.59. The van der Waals surface area contributed by atoms with E-state index in [0.29, 0.717) is 12.2 Å². The van der Waals surface area contributed by atoms with Gasteiger partial charge in [-0.25, -0.2) is 0 Å². The minimum absolute atomic E-state index is 0.0433. The Morgan fingerprint density at radius 3 is 2.80 bits per heavy atom. The van der Waals surface area contributed by atoms with Crippen LogP contribution in [0.25, 0.3) is 11.0 Å². The Kier molecular flexibility index (Phi) is 2.65. The van der Waals surface area contributed by atoms with Crippen molar-refractivity contribution in [1.29, 1.82) is 0 Å². The Hall–Kier alpha value is -1.09. The van der Waals surface area contributed by atoms with E-state index in [-0.39, 0.29) is 5.78 Å². The molecule has 0 aliphatic rings. The maximum atomic E-state index is 11.5. The second-order valence-electron chi connectivity index (χ2n) is 3.53. The number of hydrogen-bond donors (Lipinski definition) is 0. The zero-order valence-corrected chi connectivity index (χ0v) is 10.2. The normalized spacial score (nSPS) is 10.9. The molecule has 2 aromatic rings. The topological polar surface area (TPSA) is 30.2 Å². The van der Waals surface area contributed by atoms with Gasteiger partial charge in [0.25, 0.3) is 0 Å². The minimum Gasteiger partial charge on any atom is -0.453 e. The molecule has 2 nitrogen and oxygen atoms in total. The average molecular weight is 267 g/mol. The second kappa shape index (κ2) is 3.81. The molecule has 1 aromatic carbocycles. The zero-order valence-electron chi connectivity index (χ0n) is 8.63. The van der Waals surface area contributed by atoms with Gasteiger partial charge in [-0.3, -0.25) is 4.79 Å². The highest BCUT2D eigenvalue weighted by molar-refractivity contribution is 9.10. The summed E-state index contributed by atoms with van der Waals surface area (Å²) in [5, 5.41) is 0.971. The summed E-state index contributed by atoms with van der Waals surface area (Å²) in [6.45, 7) is 3.80. The van der Waals surface area contributed by atoms with Gasteiger partial charge in [0.1, 0.15) is 5.58 Å². The summed E-state index contributed by atoms with van der Waals surface area (Å²) in [5.74, 6) is 0.496. The molecule has 78 valence electrons. The first-order valence-corrected chi connectivity index (χ1v) is 5.64. The van der Waals surface area contributed by atoms with Crippen LogP contribution < -0.4 is 0 Å². The standard InChI is InChI=1S/C12H11BrO2/c1-3-10(14)11-6-8-5-9(13)4-7(2)12(8)15-11/h4-6H,3H2,1-2H3. The van der Waals surface area contributed by atoms with E-state index >= 15 is 0 Å². The summed E-state index contributed by atoms with van der Waals surface area (Å²) < 4.78 is 6.54. The monoisotopic (exact) mass is 266 g/mol. The molecule has 0 aliphatic heterocycles. The number of Topliss-reactive ketones (excluding diaryl/α,β-unsaturated/α-hetero) is 1. The lowest BCUT2D eigenvalue weighted by atomic mass is 10.1. The molecule has 0 bridgehead atoms. The lowest BCUT2D eigenvalue weighted by molar-refractivity contribution is 0.0963. The molecule has 0 N–H and O–H groups in total. The van der Waals surface area contributed by atoms with Gasteiger partial charge in [0.05, 0.1) is 0 Å². The number of halogens is 1. The summed E-state index contributed by atoms with van der Waals surface area (Å²) in [6, 6.07) is 5.74. The maximum absolute atomic E-state index is 11.5. The van der Waals surface area contributed by atoms with E-state index < -0.39 is 0 Å². The van der Waals surface area contributed by atoms with Crippen LogP contribution in [0, 0.1) is 6.92 Å². The van der Waals surface area contributed by atoms with Gasteiger partial charge in [-0.05, 0) is 30.7 Å². The molecular formula is C12H11BrO2. The fourth-order valence-corrected chi connectivity index (χ4v) is 2.18. The highest BCUT2D eigenvalue weighted by Gasteiger charge is 2.11. The van der Waals surface area contributed by atoms with Crippen LogP contribution in [-0.4, -0.2) is 5.78 Å². The molecule has 2 rings (SSSR count). The third-order valence-electron chi connectivity index (χ3n) is 2.36. The van der Waals surface area contributed by atoms with Crippen molar-refractivity contribution in [3.63, 3.8) is 0 Å². The Labute approximate surface area is 96.4 Å². The van der Waals surface area contributed by atoms with Crippen molar-refractivity contribution >= 4 is 32.7 Å². The van der Waals surface area contributed by atoms with Gasteiger partial charge in [-0.1, -0.05) is 22.9 Å². The number of rotatable bonds is 2. The second-order valence-corrected chi connectivity index (χ2v) is 4.44. The summed E-state index contributed by atoms with van der Waals surface area (Å²) in [6.07, 6.45) is 0.472. The molecule has 0 fully saturated rings. The molecule has 0 amide bonds. The highest BCUT2D eigenvalue weighted by atomic mass is 79.9. The molecule has 0 atom stereocenters. The minimum atomic E-state index is 0.0433. The summed E-state index contributed by atoms with van der Waals surface area (Å²) in [5.41, 5.74) is 1.84. The van der Waals surface area contributed by atoms with Crippen LogP contribution in [0.2, 0.25) is 0 Å². The van der Waals surface area contributed by atoms with E-state index in [1.54, 1.807) is 6.07 Å². The quantitative estimate of drug-likeness (QED) is 0.767. The average Bonchev–Trinajstić information content (AvgIpc) is 2.60. The van der Waals surface area contributed by atoms with E-state index in [9.17, 15) is 4.79 Å². The molecule has 3 heteroatoms. The van der Waals surface area contributed by atoms with Gasteiger partial charge in [0.2, 0.25) is 0 Å². The van der Waals surface area contributed by atoms with Crippen molar-refractivity contribution in [2.75, 3.05) is 0 Å². The summed E-state index contributed by atoms with van der Waals surface area (Å²) >= 11 is 3.42. The van der Waals surface area contributed by atoms with Crippen molar-refractivity contribution in [3.05, 3.63) is 34.0 Å². The van der Waals surface area contributed by atoms with Gasteiger partial charge < -0.3 is 4.42 Å². The van der Waals surface area contributed by atoms with Gasteiger partial charge in [-0.2, -0.15) is 0 Å². The molecule has 0 saturated carbocycles. The Morgan fingerprint density at radius 2 is 2.13 bits per heavy atom. The number of fused-ring (bicyclic) bond motifs is 1. The van der Waals surface area contributed by atoms with E-state index in [0.717, 1.165) is 21.0 Å². The van der Waals surface area contributed by atoms with Crippen LogP contribution in [0.3, 0.4) is 0 Å². The molecular weight excluding hydrogens is 256 g/mol. The highest BCUT2D eigenvalue weighted by Crippen LogP contribution is 2.27.